The maximum atomic E-state index is 12.1. The average molecular weight is 462 g/mol. The minimum atomic E-state index is -0.768. The smallest absolute Gasteiger partial charge is 0.320 e. The number of methoxy groups -OCH3 is 2. The Balaban J connectivity index is 2.22. The van der Waals surface area contributed by atoms with Crippen molar-refractivity contribution in [3.8, 4) is 11.5 Å². The predicted molar refractivity (Wildman–Crippen MR) is 117 cm³/mol. The fourth-order valence-corrected chi connectivity index (χ4v) is 4.86. The summed E-state index contributed by atoms with van der Waals surface area (Å²) in [6, 6.07) is 9.55. The highest BCUT2D eigenvalue weighted by Crippen LogP contribution is 2.42. The van der Waals surface area contributed by atoms with Crippen molar-refractivity contribution in [2.45, 2.75) is 45.2 Å². The average Bonchev–Trinajstić information content (AvgIpc) is 2.68. The number of carbonyl (C=O) groups is 1. The van der Waals surface area contributed by atoms with Crippen molar-refractivity contribution >= 4 is 21.9 Å². The van der Waals surface area contributed by atoms with E-state index >= 15 is 0 Å². The number of piperidine rings is 1. The van der Waals surface area contributed by atoms with Crippen LogP contribution in [-0.4, -0.2) is 42.8 Å². The monoisotopic (exact) mass is 461 g/mol. The van der Waals surface area contributed by atoms with E-state index in [1.165, 1.54) is 0 Å². The standard InChI is InChI=1S/C23H28BrNO4/c1-14-9-15(2)11-16(10-14)22(25-8-6-5-7-19(25)23(26)27)17-12-20(28-3)21(29-4)13-18(17)24/h9-13,19,22H,5-8H2,1-4H3,(H,26,27). The molecule has 1 heterocycles. The molecule has 5 nitrogen and oxygen atoms in total. The molecule has 2 atom stereocenters. The molecule has 3 rings (SSSR count). The third-order valence-electron chi connectivity index (χ3n) is 5.52. The van der Waals surface area contributed by atoms with E-state index in [9.17, 15) is 9.90 Å². The summed E-state index contributed by atoms with van der Waals surface area (Å²) in [4.78, 5) is 14.2. The summed E-state index contributed by atoms with van der Waals surface area (Å²) in [5.74, 6) is 0.496. The summed E-state index contributed by atoms with van der Waals surface area (Å²) in [6.45, 7) is 4.87. The van der Waals surface area contributed by atoms with Crippen LogP contribution in [0.15, 0.2) is 34.8 Å². The molecule has 0 spiro atoms. The molecular formula is C23H28BrNO4. The van der Waals surface area contributed by atoms with Crippen LogP contribution in [0.1, 0.15) is 47.6 Å². The van der Waals surface area contributed by atoms with E-state index in [0.29, 0.717) is 17.9 Å². The van der Waals surface area contributed by atoms with Gasteiger partial charge in [0.1, 0.15) is 6.04 Å². The Morgan fingerprint density at radius 1 is 1.07 bits per heavy atom. The predicted octanol–water partition coefficient (Wildman–Crippen LogP) is 5.11. The first-order valence-electron chi connectivity index (χ1n) is 9.84. The van der Waals surface area contributed by atoms with Crippen LogP contribution in [-0.2, 0) is 4.79 Å². The number of hydrogen-bond donors (Lipinski definition) is 1. The molecule has 2 unspecified atom stereocenters. The normalized spacial score (nSPS) is 18.3. The Bertz CT molecular complexity index is 878. The minimum Gasteiger partial charge on any atom is -0.493 e. The van der Waals surface area contributed by atoms with Gasteiger partial charge in [-0.25, -0.2) is 0 Å². The Morgan fingerprint density at radius 2 is 1.69 bits per heavy atom. The maximum Gasteiger partial charge on any atom is 0.320 e. The summed E-state index contributed by atoms with van der Waals surface area (Å²) >= 11 is 3.70. The largest absolute Gasteiger partial charge is 0.493 e. The van der Waals surface area contributed by atoms with Crippen LogP contribution >= 0.6 is 15.9 Å². The van der Waals surface area contributed by atoms with Crippen molar-refractivity contribution in [1.82, 2.24) is 4.90 Å². The molecule has 2 aromatic rings. The molecule has 1 saturated heterocycles. The lowest BCUT2D eigenvalue weighted by Gasteiger charge is -2.40. The van der Waals surface area contributed by atoms with Crippen molar-refractivity contribution in [1.29, 1.82) is 0 Å². The summed E-state index contributed by atoms with van der Waals surface area (Å²) in [5, 5.41) is 9.91. The van der Waals surface area contributed by atoms with E-state index in [1.807, 2.05) is 12.1 Å². The van der Waals surface area contributed by atoms with Crippen LogP contribution in [0.3, 0.4) is 0 Å². The van der Waals surface area contributed by atoms with Crippen LogP contribution in [0.4, 0.5) is 0 Å². The third kappa shape index (κ3) is 4.59. The Hall–Kier alpha value is -2.05. The lowest BCUT2D eigenvalue weighted by atomic mass is 9.90. The highest BCUT2D eigenvalue weighted by Gasteiger charge is 2.36. The molecule has 1 aliphatic rings. The number of likely N-dealkylation sites (tertiary alicyclic amines) is 1. The van der Waals surface area contributed by atoms with Crippen LogP contribution in [0.2, 0.25) is 0 Å². The number of benzene rings is 2. The van der Waals surface area contributed by atoms with Crippen molar-refractivity contribution in [3.63, 3.8) is 0 Å². The molecule has 0 aliphatic carbocycles. The molecule has 0 aromatic heterocycles. The van der Waals surface area contributed by atoms with E-state index in [1.54, 1.807) is 14.2 Å². The second-order valence-electron chi connectivity index (χ2n) is 7.64. The van der Waals surface area contributed by atoms with Gasteiger partial charge in [0.05, 0.1) is 20.3 Å². The molecule has 1 aliphatic heterocycles. The zero-order valence-corrected chi connectivity index (χ0v) is 19.0. The van der Waals surface area contributed by atoms with Crippen molar-refractivity contribution in [2.24, 2.45) is 0 Å². The first-order chi connectivity index (χ1) is 13.8. The third-order valence-corrected chi connectivity index (χ3v) is 6.20. The topological polar surface area (TPSA) is 59.0 Å². The SMILES string of the molecule is COc1cc(Br)c(C(c2cc(C)cc(C)c2)N2CCCCC2C(=O)O)cc1OC. The highest BCUT2D eigenvalue weighted by molar-refractivity contribution is 9.10. The Morgan fingerprint density at radius 3 is 2.28 bits per heavy atom. The van der Waals surface area contributed by atoms with Gasteiger partial charge in [-0.1, -0.05) is 51.7 Å². The van der Waals surface area contributed by atoms with Crippen molar-refractivity contribution in [3.05, 3.63) is 57.1 Å². The first-order valence-corrected chi connectivity index (χ1v) is 10.6. The molecule has 2 aromatic carbocycles. The fourth-order valence-electron chi connectivity index (χ4n) is 4.32. The molecule has 0 saturated carbocycles. The molecular weight excluding hydrogens is 434 g/mol. The van der Waals surface area contributed by atoms with Crippen LogP contribution in [0, 0.1) is 13.8 Å². The van der Waals surface area contributed by atoms with E-state index in [2.05, 4.69) is 52.9 Å². The molecule has 1 fully saturated rings. The number of halogens is 1. The van der Waals surface area contributed by atoms with E-state index in [4.69, 9.17) is 9.47 Å². The van der Waals surface area contributed by atoms with E-state index in [0.717, 1.165) is 46.1 Å². The van der Waals surface area contributed by atoms with Crippen LogP contribution in [0.25, 0.3) is 0 Å². The molecule has 0 radical (unpaired) electrons. The zero-order valence-electron chi connectivity index (χ0n) is 17.4. The van der Waals surface area contributed by atoms with Crippen LogP contribution in [0.5, 0.6) is 11.5 Å². The molecule has 0 amide bonds. The minimum absolute atomic E-state index is 0.204. The number of hydrogen-bond acceptors (Lipinski definition) is 4. The number of nitrogens with zero attached hydrogens (tertiary/aromatic N) is 1. The van der Waals surface area contributed by atoms with Gasteiger partial charge in [-0.15, -0.1) is 0 Å². The molecule has 156 valence electrons. The van der Waals surface area contributed by atoms with Gasteiger partial charge >= 0.3 is 5.97 Å². The number of rotatable bonds is 6. The fraction of sp³-hybridized carbons (Fsp3) is 0.435. The second kappa shape index (κ2) is 9.18. The lowest BCUT2D eigenvalue weighted by Crippen LogP contribution is -2.47. The Labute approximate surface area is 180 Å². The molecule has 29 heavy (non-hydrogen) atoms. The van der Waals surface area contributed by atoms with Gasteiger partial charge in [0.25, 0.3) is 0 Å². The lowest BCUT2D eigenvalue weighted by molar-refractivity contribution is -0.145. The van der Waals surface area contributed by atoms with E-state index < -0.39 is 12.0 Å². The number of aryl methyl sites for hydroxylation is 2. The summed E-state index contributed by atoms with van der Waals surface area (Å²) in [6.07, 6.45) is 2.57. The second-order valence-corrected chi connectivity index (χ2v) is 8.49. The molecule has 6 heteroatoms. The van der Waals surface area contributed by atoms with Gasteiger partial charge < -0.3 is 14.6 Å². The van der Waals surface area contributed by atoms with Gasteiger partial charge in [0.15, 0.2) is 11.5 Å². The van der Waals surface area contributed by atoms with Gasteiger partial charge in [-0.05, 0) is 56.5 Å². The quantitative estimate of drug-likeness (QED) is 0.647. The molecule has 0 bridgehead atoms. The van der Waals surface area contributed by atoms with E-state index in [-0.39, 0.29) is 6.04 Å². The maximum absolute atomic E-state index is 12.1. The van der Waals surface area contributed by atoms with Crippen LogP contribution < -0.4 is 9.47 Å². The molecule has 1 N–H and O–H groups in total. The number of carboxylic acid groups (broad SMARTS) is 1. The summed E-state index contributed by atoms with van der Waals surface area (Å²) in [5.41, 5.74) is 4.38. The van der Waals surface area contributed by atoms with Gasteiger partial charge in [-0.3, -0.25) is 9.69 Å². The zero-order chi connectivity index (χ0) is 21.1. The number of ether oxygens (including phenoxy) is 2. The summed E-state index contributed by atoms with van der Waals surface area (Å²) < 4.78 is 11.9. The van der Waals surface area contributed by atoms with Gasteiger partial charge in [0.2, 0.25) is 0 Å². The Kier molecular flexibility index (Phi) is 6.85. The summed E-state index contributed by atoms with van der Waals surface area (Å²) in [7, 11) is 3.22. The first kappa shape index (κ1) is 21.7. The van der Waals surface area contributed by atoms with Gasteiger partial charge in [-0.2, -0.15) is 0 Å². The van der Waals surface area contributed by atoms with Crippen molar-refractivity contribution < 1.29 is 19.4 Å². The highest BCUT2D eigenvalue weighted by atomic mass is 79.9. The number of carboxylic acids is 1. The van der Waals surface area contributed by atoms with Gasteiger partial charge in [0, 0.05) is 4.47 Å². The van der Waals surface area contributed by atoms with Crippen molar-refractivity contribution in [2.75, 3.05) is 20.8 Å². The number of aliphatic carboxylic acids is 1.